The van der Waals surface area contributed by atoms with Gasteiger partial charge in [-0.2, -0.15) is 11.8 Å². The summed E-state index contributed by atoms with van der Waals surface area (Å²) in [6.07, 6.45) is 2.48. The molecule has 0 aromatic heterocycles. The predicted molar refractivity (Wildman–Crippen MR) is 68.5 cm³/mol. The Kier molecular flexibility index (Phi) is 8.29. The standard InChI is InChI=1S/C10H20N2OS.ClH/c1-8(6-11)10(13)12-7-9-2-4-14-5-3-9;/h8-9H,2-7,11H2,1H3,(H,12,13);1H. The van der Waals surface area contributed by atoms with E-state index in [0.717, 1.165) is 6.54 Å². The summed E-state index contributed by atoms with van der Waals surface area (Å²) in [5, 5.41) is 2.97. The average Bonchev–Trinajstić information content (AvgIpc) is 2.26. The molecule has 3 nitrogen and oxygen atoms in total. The van der Waals surface area contributed by atoms with Crippen LogP contribution in [0.1, 0.15) is 19.8 Å². The van der Waals surface area contributed by atoms with Crippen LogP contribution in [0.3, 0.4) is 0 Å². The molecule has 1 fully saturated rings. The number of rotatable bonds is 4. The third-order valence-corrected chi connectivity index (χ3v) is 3.76. The van der Waals surface area contributed by atoms with Gasteiger partial charge in [-0.05, 0) is 30.3 Å². The molecule has 1 amide bonds. The second-order valence-electron chi connectivity index (χ2n) is 3.94. The zero-order chi connectivity index (χ0) is 10.4. The highest BCUT2D eigenvalue weighted by atomic mass is 35.5. The number of nitrogens with one attached hydrogen (secondary N) is 1. The van der Waals surface area contributed by atoms with Crippen LogP contribution in [-0.2, 0) is 4.79 Å². The molecule has 0 aromatic carbocycles. The Labute approximate surface area is 102 Å². The van der Waals surface area contributed by atoms with Crippen LogP contribution in [0.2, 0.25) is 0 Å². The lowest BCUT2D eigenvalue weighted by Crippen LogP contribution is -2.37. The Morgan fingerprint density at radius 1 is 1.53 bits per heavy atom. The van der Waals surface area contributed by atoms with Gasteiger partial charge in [0.05, 0.1) is 0 Å². The van der Waals surface area contributed by atoms with Gasteiger partial charge in [-0.1, -0.05) is 6.92 Å². The topological polar surface area (TPSA) is 55.1 Å². The van der Waals surface area contributed by atoms with Gasteiger partial charge in [-0.3, -0.25) is 4.79 Å². The Balaban J connectivity index is 0.00000196. The molecule has 5 heteroatoms. The molecule has 0 aromatic rings. The number of thioether (sulfide) groups is 1. The van der Waals surface area contributed by atoms with Crippen LogP contribution in [0, 0.1) is 11.8 Å². The van der Waals surface area contributed by atoms with Gasteiger partial charge in [0.1, 0.15) is 0 Å². The third-order valence-electron chi connectivity index (χ3n) is 2.71. The van der Waals surface area contributed by atoms with Crippen LogP contribution in [0.5, 0.6) is 0 Å². The fraction of sp³-hybridized carbons (Fsp3) is 0.900. The summed E-state index contributed by atoms with van der Waals surface area (Å²) in [6, 6.07) is 0. The van der Waals surface area contributed by atoms with E-state index >= 15 is 0 Å². The number of hydrogen-bond acceptors (Lipinski definition) is 3. The molecule has 1 unspecified atom stereocenters. The van der Waals surface area contributed by atoms with E-state index < -0.39 is 0 Å². The van der Waals surface area contributed by atoms with Crippen LogP contribution in [-0.4, -0.2) is 30.5 Å². The van der Waals surface area contributed by atoms with Crippen molar-refractivity contribution in [1.82, 2.24) is 5.32 Å². The molecule has 0 bridgehead atoms. The lowest BCUT2D eigenvalue weighted by molar-refractivity contribution is -0.124. The SMILES string of the molecule is CC(CN)C(=O)NCC1CCSCC1.Cl. The number of halogens is 1. The van der Waals surface area contributed by atoms with Crippen LogP contribution in [0.25, 0.3) is 0 Å². The maximum atomic E-state index is 11.4. The molecule has 1 rings (SSSR count). The number of hydrogen-bond donors (Lipinski definition) is 2. The normalized spacial score (nSPS) is 19.1. The largest absolute Gasteiger partial charge is 0.356 e. The molecule has 90 valence electrons. The number of nitrogens with two attached hydrogens (primary N) is 1. The first-order valence-electron chi connectivity index (χ1n) is 5.29. The first kappa shape index (κ1) is 15.1. The highest BCUT2D eigenvalue weighted by molar-refractivity contribution is 7.99. The fourth-order valence-electron chi connectivity index (χ4n) is 1.48. The van der Waals surface area contributed by atoms with Gasteiger partial charge in [0.15, 0.2) is 0 Å². The van der Waals surface area contributed by atoms with Gasteiger partial charge in [0.25, 0.3) is 0 Å². The van der Waals surface area contributed by atoms with E-state index in [0.29, 0.717) is 12.5 Å². The number of carbonyl (C=O) groups is 1. The van der Waals surface area contributed by atoms with Gasteiger partial charge in [0, 0.05) is 19.0 Å². The van der Waals surface area contributed by atoms with Crippen molar-refractivity contribution in [2.24, 2.45) is 17.6 Å². The number of carbonyl (C=O) groups excluding carboxylic acids is 1. The van der Waals surface area contributed by atoms with Crippen LogP contribution in [0.15, 0.2) is 0 Å². The lowest BCUT2D eigenvalue weighted by atomic mass is 10.0. The molecule has 1 saturated heterocycles. The Morgan fingerprint density at radius 3 is 2.67 bits per heavy atom. The van der Waals surface area contributed by atoms with Crippen molar-refractivity contribution in [3.8, 4) is 0 Å². The van der Waals surface area contributed by atoms with Crippen molar-refractivity contribution >= 4 is 30.1 Å². The summed E-state index contributed by atoms with van der Waals surface area (Å²) in [7, 11) is 0. The van der Waals surface area contributed by atoms with Gasteiger partial charge in [0.2, 0.25) is 5.91 Å². The van der Waals surface area contributed by atoms with Crippen LogP contribution < -0.4 is 11.1 Å². The lowest BCUT2D eigenvalue weighted by Gasteiger charge is -2.22. The van der Waals surface area contributed by atoms with Crippen molar-refractivity contribution in [2.75, 3.05) is 24.6 Å². The molecule has 15 heavy (non-hydrogen) atoms. The maximum Gasteiger partial charge on any atom is 0.224 e. The van der Waals surface area contributed by atoms with Crippen molar-refractivity contribution in [3.05, 3.63) is 0 Å². The summed E-state index contributed by atoms with van der Waals surface area (Å²) in [5.41, 5.74) is 5.42. The summed E-state index contributed by atoms with van der Waals surface area (Å²) in [4.78, 5) is 11.4. The summed E-state index contributed by atoms with van der Waals surface area (Å²) in [5.74, 6) is 3.23. The Morgan fingerprint density at radius 2 is 2.13 bits per heavy atom. The van der Waals surface area contributed by atoms with E-state index in [4.69, 9.17) is 5.73 Å². The zero-order valence-corrected chi connectivity index (χ0v) is 10.8. The van der Waals surface area contributed by atoms with Crippen LogP contribution >= 0.6 is 24.2 Å². The highest BCUT2D eigenvalue weighted by Crippen LogP contribution is 2.21. The van der Waals surface area contributed by atoms with Gasteiger partial charge < -0.3 is 11.1 Å². The molecule has 0 radical (unpaired) electrons. The fourth-order valence-corrected chi connectivity index (χ4v) is 2.68. The summed E-state index contributed by atoms with van der Waals surface area (Å²) < 4.78 is 0. The first-order valence-corrected chi connectivity index (χ1v) is 6.45. The molecular formula is C10H21ClN2OS. The van der Waals surface area contributed by atoms with E-state index in [1.165, 1.54) is 24.3 Å². The highest BCUT2D eigenvalue weighted by Gasteiger charge is 2.16. The number of amides is 1. The maximum absolute atomic E-state index is 11.4. The van der Waals surface area contributed by atoms with Gasteiger partial charge in [-0.25, -0.2) is 0 Å². The molecule has 1 aliphatic heterocycles. The predicted octanol–water partition coefficient (Wildman–Crippen LogP) is 1.26. The second kappa shape index (κ2) is 8.25. The van der Waals surface area contributed by atoms with Gasteiger partial charge >= 0.3 is 0 Å². The molecule has 3 N–H and O–H groups in total. The third kappa shape index (κ3) is 5.64. The van der Waals surface area contributed by atoms with Crippen LogP contribution in [0.4, 0.5) is 0 Å². The van der Waals surface area contributed by atoms with E-state index in [-0.39, 0.29) is 24.2 Å². The van der Waals surface area contributed by atoms with Gasteiger partial charge in [-0.15, -0.1) is 12.4 Å². The smallest absolute Gasteiger partial charge is 0.224 e. The molecule has 1 atom stereocenters. The average molecular weight is 253 g/mol. The Hall–Kier alpha value is 0.0700. The molecule has 0 aliphatic carbocycles. The Bertz CT molecular complexity index is 186. The van der Waals surface area contributed by atoms with E-state index in [1.54, 1.807) is 0 Å². The first-order chi connectivity index (χ1) is 6.74. The minimum atomic E-state index is -0.0482. The minimum absolute atomic E-state index is 0. The molecule has 1 aliphatic rings. The molecule has 0 saturated carbocycles. The van der Waals surface area contributed by atoms with Crippen molar-refractivity contribution in [3.63, 3.8) is 0 Å². The van der Waals surface area contributed by atoms with Crippen molar-refractivity contribution in [1.29, 1.82) is 0 Å². The van der Waals surface area contributed by atoms with Crippen molar-refractivity contribution < 1.29 is 4.79 Å². The van der Waals surface area contributed by atoms with E-state index in [1.807, 2.05) is 18.7 Å². The minimum Gasteiger partial charge on any atom is -0.356 e. The molecule has 1 heterocycles. The molecular weight excluding hydrogens is 232 g/mol. The van der Waals surface area contributed by atoms with E-state index in [2.05, 4.69) is 5.32 Å². The summed E-state index contributed by atoms with van der Waals surface area (Å²) in [6.45, 7) is 3.14. The summed E-state index contributed by atoms with van der Waals surface area (Å²) >= 11 is 2.01. The zero-order valence-electron chi connectivity index (χ0n) is 9.20. The monoisotopic (exact) mass is 252 g/mol. The van der Waals surface area contributed by atoms with E-state index in [9.17, 15) is 4.79 Å². The second-order valence-corrected chi connectivity index (χ2v) is 5.16. The molecule has 0 spiro atoms. The van der Waals surface area contributed by atoms with Crippen molar-refractivity contribution in [2.45, 2.75) is 19.8 Å². The quantitative estimate of drug-likeness (QED) is 0.792.